The summed E-state index contributed by atoms with van der Waals surface area (Å²) in [6.45, 7) is 0. The van der Waals surface area contributed by atoms with Gasteiger partial charge in [-0.3, -0.25) is 4.55 Å². The quantitative estimate of drug-likeness (QED) is 0.814. The van der Waals surface area contributed by atoms with E-state index in [0.29, 0.717) is 5.02 Å². The van der Waals surface area contributed by atoms with Crippen molar-refractivity contribution in [1.82, 2.24) is 0 Å². The second-order valence-corrected chi connectivity index (χ2v) is 4.64. The molecule has 3 nitrogen and oxygen atoms in total. The van der Waals surface area contributed by atoms with Gasteiger partial charge >= 0.3 is 0 Å². The van der Waals surface area contributed by atoms with Crippen LogP contribution >= 0.6 is 11.6 Å². The molecular formula is C9H9ClO3S. The van der Waals surface area contributed by atoms with Crippen LogP contribution in [0.3, 0.4) is 0 Å². The van der Waals surface area contributed by atoms with Crippen LogP contribution in [0.25, 0.3) is 6.08 Å². The zero-order chi connectivity index (χ0) is 10.6. The van der Waals surface area contributed by atoms with Crippen molar-refractivity contribution in [3.05, 3.63) is 40.9 Å². The fourth-order valence-electron chi connectivity index (χ4n) is 0.916. The van der Waals surface area contributed by atoms with E-state index in [2.05, 4.69) is 0 Å². The van der Waals surface area contributed by atoms with Crippen LogP contribution in [-0.4, -0.2) is 18.7 Å². The molecule has 0 saturated heterocycles. The fourth-order valence-corrected chi connectivity index (χ4v) is 1.45. The molecule has 76 valence electrons. The highest BCUT2D eigenvalue weighted by atomic mass is 35.5. The number of hydrogen-bond donors (Lipinski definition) is 1. The van der Waals surface area contributed by atoms with Crippen molar-refractivity contribution in [2.75, 3.05) is 5.75 Å². The third kappa shape index (κ3) is 4.41. The van der Waals surface area contributed by atoms with E-state index < -0.39 is 10.1 Å². The zero-order valence-electron chi connectivity index (χ0n) is 7.22. The minimum absolute atomic E-state index is 0.389. The summed E-state index contributed by atoms with van der Waals surface area (Å²) in [4.78, 5) is 0. The molecule has 0 amide bonds. The summed E-state index contributed by atoms with van der Waals surface area (Å²) in [6.07, 6.45) is 2.95. The lowest BCUT2D eigenvalue weighted by atomic mass is 10.2. The number of rotatable bonds is 3. The van der Waals surface area contributed by atoms with Gasteiger partial charge in [-0.2, -0.15) is 8.42 Å². The van der Waals surface area contributed by atoms with E-state index in [0.717, 1.165) is 5.56 Å². The Kier molecular flexibility index (Phi) is 3.69. The molecule has 14 heavy (non-hydrogen) atoms. The number of halogens is 1. The molecule has 0 aliphatic carbocycles. The van der Waals surface area contributed by atoms with Gasteiger partial charge in [-0.1, -0.05) is 35.9 Å². The SMILES string of the molecule is O=S(=O)(O)C/C=C/c1cccc(Cl)c1. The average molecular weight is 233 g/mol. The molecule has 0 aliphatic heterocycles. The lowest BCUT2D eigenvalue weighted by Gasteiger charge is -1.93. The molecule has 0 spiro atoms. The molecule has 0 saturated carbocycles. The van der Waals surface area contributed by atoms with Crippen LogP contribution in [0.1, 0.15) is 5.56 Å². The molecule has 5 heteroatoms. The first-order valence-electron chi connectivity index (χ1n) is 3.85. The van der Waals surface area contributed by atoms with E-state index in [1.165, 1.54) is 6.08 Å². The lowest BCUT2D eigenvalue weighted by molar-refractivity contribution is 0.487. The van der Waals surface area contributed by atoms with Crippen LogP contribution in [0, 0.1) is 0 Å². The van der Waals surface area contributed by atoms with Crippen LogP contribution in [0.4, 0.5) is 0 Å². The first kappa shape index (κ1) is 11.2. The summed E-state index contributed by atoms with van der Waals surface area (Å²) in [6, 6.07) is 6.96. The lowest BCUT2D eigenvalue weighted by Crippen LogP contribution is -1.99. The third-order valence-electron chi connectivity index (χ3n) is 1.47. The van der Waals surface area contributed by atoms with Gasteiger partial charge in [-0.05, 0) is 17.7 Å². The van der Waals surface area contributed by atoms with Crippen LogP contribution in [0.5, 0.6) is 0 Å². The van der Waals surface area contributed by atoms with Gasteiger partial charge in [0.1, 0.15) is 0 Å². The molecule has 0 atom stereocenters. The first-order valence-corrected chi connectivity index (χ1v) is 5.83. The van der Waals surface area contributed by atoms with Crippen molar-refractivity contribution in [2.24, 2.45) is 0 Å². The van der Waals surface area contributed by atoms with E-state index >= 15 is 0 Å². The molecule has 0 bridgehead atoms. The highest BCUT2D eigenvalue weighted by molar-refractivity contribution is 7.85. The smallest absolute Gasteiger partial charge is 0.268 e. The van der Waals surface area contributed by atoms with Crippen molar-refractivity contribution in [3.63, 3.8) is 0 Å². The summed E-state index contributed by atoms with van der Waals surface area (Å²) in [7, 11) is -3.92. The molecule has 0 aliphatic rings. The maximum absolute atomic E-state index is 10.4. The van der Waals surface area contributed by atoms with Gasteiger partial charge in [0.25, 0.3) is 10.1 Å². The fraction of sp³-hybridized carbons (Fsp3) is 0.111. The van der Waals surface area contributed by atoms with E-state index in [9.17, 15) is 8.42 Å². The monoisotopic (exact) mass is 232 g/mol. The molecule has 0 radical (unpaired) electrons. The highest BCUT2D eigenvalue weighted by Crippen LogP contribution is 2.11. The molecule has 0 fully saturated rings. The highest BCUT2D eigenvalue weighted by Gasteiger charge is 1.98. The van der Waals surface area contributed by atoms with Gasteiger partial charge in [0.2, 0.25) is 0 Å². The van der Waals surface area contributed by atoms with Crippen LogP contribution in [-0.2, 0) is 10.1 Å². The van der Waals surface area contributed by atoms with Crippen LogP contribution in [0.2, 0.25) is 5.02 Å². The molecule has 1 rings (SSSR count). The predicted octanol–water partition coefficient (Wildman–Crippen LogP) is 2.24. The van der Waals surface area contributed by atoms with Gasteiger partial charge < -0.3 is 0 Å². The van der Waals surface area contributed by atoms with Gasteiger partial charge in [0, 0.05) is 5.02 Å². The van der Waals surface area contributed by atoms with Gasteiger partial charge in [-0.25, -0.2) is 0 Å². The molecular weight excluding hydrogens is 224 g/mol. The van der Waals surface area contributed by atoms with Crippen molar-refractivity contribution >= 4 is 27.8 Å². The largest absolute Gasteiger partial charge is 0.285 e. The number of hydrogen-bond acceptors (Lipinski definition) is 2. The van der Waals surface area contributed by atoms with Crippen molar-refractivity contribution in [2.45, 2.75) is 0 Å². The van der Waals surface area contributed by atoms with E-state index in [4.69, 9.17) is 16.2 Å². The summed E-state index contributed by atoms with van der Waals surface area (Å²) >= 11 is 5.71. The Morgan fingerprint density at radius 3 is 2.71 bits per heavy atom. The predicted molar refractivity (Wildman–Crippen MR) is 56.9 cm³/mol. The second-order valence-electron chi connectivity index (χ2n) is 2.71. The Morgan fingerprint density at radius 2 is 2.14 bits per heavy atom. The summed E-state index contributed by atoms with van der Waals surface area (Å²) in [5, 5.41) is 0.582. The summed E-state index contributed by atoms with van der Waals surface area (Å²) < 4.78 is 29.2. The Balaban J connectivity index is 2.70. The summed E-state index contributed by atoms with van der Waals surface area (Å²) in [5.41, 5.74) is 0.793. The third-order valence-corrected chi connectivity index (χ3v) is 2.31. The Morgan fingerprint density at radius 1 is 1.43 bits per heavy atom. The second kappa shape index (κ2) is 4.59. The maximum Gasteiger partial charge on any atom is 0.268 e. The van der Waals surface area contributed by atoms with E-state index in [1.54, 1.807) is 30.3 Å². The van der Waals surface area contributed by atoms with Gasteiger partial charge in [-0.15, -0.1) is 0 Å². The molecule has 1 aromatic rings. The van der Waals surface area contributed by atoms with Crippen molar-refractivity contribution in [3.8, 4) is 0 Å². The summed E-state index contributed by atoms with van der Waals surface area (Å²) in [5.74, 6) is -0.389. The van der Waals surface area contributed by atoms with Gasteiger partial charge in [0.05, 0.1) is 5.75 Å². The molecule has 1 N–H and O–H groups in total. The molecule has 0 unspecified atom stereocenters. The first-order chi connectivity index (χ1) is 6.47. The average Bonchev–Trinajstić information content (AvgIpc) is 2.01. The van der Waals surface area contributed by atoms with Gasteiger partial charge in [0.15, 0.2) is 0 Å². The maximum atomic E-state index is 10.4. The number of benzene rings is 1. The van der Waals surface area contributed by atoms with E-state index in [-0.39, 0.29) is 5.75 Å². The molecule has 0 aromatic heterocycles. The minimum atomic E-state index is -3.92. The Hall–Kier alpha value is -0.840. The minimum Gasteiger partial charge on any atom is -0.285 e. The normalized spacial score (nSPS) is 12.1. The van der Waals surface area contributed by atoms with Crippen molar-refractivity contribution < 1.29 is 13.0 Å². The van der Waals surface area contributed by atoms with E-state index in [1.807, 2.05) is 0 Å². The topological polar surface area (TPSA) is 54.4 Å². The zero-order valence-corrected chi connectivity index (χ0v) is 8.79. The molecule has 1 aromatic carbocycles. The van der Waals surface area contributed by atoms with Crippen LogP contribution < -0.4 is 0 Å². The van der Waals surface area contributed by atoms with Crippen molar-refractivity contribution in [1.29, 1.82) is 0 Å². The standard InChI is InChI=1S/C9H9ClO3S/c10-9-5-1-3-8(7-9)4-2-6-14(11,12)13/h1-5,7H,6H2,(H,11,12,13)/b4-2+. The van der Waals surface area contributed by atoms with Crippen LogP contribution in [0.15, 0.2) is 30.3 Å². The Bertz CT molecular complexity index is 437. The molecule has 0 heterocycles. The Labute approximate surface area is 87.8 Å².